The van der Waals surface area contributed by atoms with Crippen molar-refractivity contribution in [2.24, 2.45) is 11.8 Å². The molecule has 5 heteroatoms. The summed E-state index contributed by atoms with van der Waals surface area (Å²) in [5, 5.41) is 8.72. The highest BCUT2D eigenvalue weighted by Gasteiger charge is 2.22. The number of hydrogen-bond donors (Lipinski definition) is 1. The van der Waals surface area contributed by atoms with Crippen molar-refractivity contribution in [2.45, 2.75) is 39.5 Å². The van der Waals surface area contributed by atoms with E-state index in [9.17, 15) is 9.59 Å². The van der Waals surface area contributed by atoms with E-state index in [1.807, 2.05) is 0 Å². The fraction of sp³-hybridized carbons (Fsp3) is 0.846. The van der Waals surface area contributed by atoms with Crippen molar-refractivity contribution >= 4 is 12.1 Å². The van der Waals surface area contributed by atoms with Crippen LogP contribution in [0.5, 0.6) is 0 Å². The Morgan fingerprint density at radius 2 is 2.17 bits per heavy atom. The van der Waals surface area contributed by atoms with E-state index in [0.29, 0.717) is 31.4 Å². The summed E-state index contributed by atoms with van der Waals surface area (Å²) in [6.45, 7) is 6.13. The van der Waals surface area contributed by atoms with Gasteiger partial charge in [-0.2, -0.15) is 0 Å². The number of carboxylic acid groups (broad SMARTS) is 1. The number of carbonyl (C=O) groups excluding carboxylic acids is 1. The molecule has 1 fully saturated rings. The summed E-state index contributed by atoms with van der Waals surface area (Å²) in [5.74, 6) is 0.0269. The second-order valence-corrected chi connectivity index (χ2v) is 5.18. The average Bonchev–Trinajstić information content (AvgIpc) is 2.30. The molecule has 0 spiro atoms. The van der Waals surface area contributed by atoms with Gasteiger partial charge in [-0.25, -0.2) is 4.79 Å². The quantitative estimate of drug-likeness (QED) is 0.760. The predicted molar refractivity (Wildman–Crippen MR) is 67.4 cm³/mol. The third-order valence-corrected chi connectivity index (χ3v) is 3.50. The van der Waals surface area contributed by atoms with E-state index >= 15 is 0 Å². The van der Waals surface area contributed by atoms with Crippen LogP contribution in [0.4, 0.5) is 4.79 Å². The smallest absolute Gasteiger partial charge is 0.409 e. The molecule has 0 aromatic heterocycles. The molecule has 0 aromatic rings. The summed E-state index contributed by atoms with van der Waals surface area (Å²) in [7, 11) is 0. The van der Waals surface area contributed by atoms with E-state index < -0.39 is 5.97 Å². The van der Waals surface area contributed by atoms with Gasteiger partial charge in [-0.1, -0.05) is 13.8 Å². The largest absolute Gasteiger partial charge is 0.481 e. The highest BCUT2D eigenvalue weighted by Crippen LogP contribution is 2.22. The minimum absolute atomic E-state index is 0.202. The van der Waals surface area contributed by atoms with Crippen molar-refractivity contribution in [3.8, 4) is 0 Å². The Balaban J connectivity index is 2.36. The van der Waals surface area contributed by atoms with E-state index in [0.717, 1.165) is 19.4 Å². The van der Waals surface area contributed by atoms with Crippen molar-refractivity contribution < 1.29 is 19.4 Å². The SMILES string of the molecule is CC(C)C(CCC(=O)O)CCN1CCCOC1=O. The third-order valence-electron chi connectivity index (χ3n) is 3.50. The molecule has 1 atom stereocenters. The number of aliphatic carboxylic acids is 1. The van der Waals surface area contributed by atoms with Gasteiger partial charge in [0.05, 0.1) is 6.61 Å². The average molecular weight is 257 g/mol. The maximum atomic E-state index is 11.5. The van der Waals surface area contributed by atoms with E-state index in [-0.39, 0.29) is 12.5 Å². The van der Waals surface area contributed by atoms with Crippen LogP contribution in [0.2, 0.25) is 0 Å². The van der Waals surface area contributed by atoms with Crippen LogP contribution in [0.3, 0.4) is 0 Å². The summed E-state index contributed by atoms with van der Waals surface area (Å²) in [6.07, 6.45) is 2.37. The molecule has 1 rings (SSSR count). The van der Waals surface area contributed by atoms with Gasteiger partial charge in [-0.05, 0) is 31.1 Å². The van der Waals surface area contributed by atoms with Crippen LogP contribution in [-0.2, 0) is 9.53 Å². The number of carboxylic acids is 1. The van der Waals surface area contributed by atoms with Crippen LogP contribution in [0.15, 0.2) is 0 Å². The highest BCUT2D eigenvalue weighted by molar-refractivity contribution is 5.68. The molecule has 1 saturated heterocycles. The van der Waals surface area contributed by atoms with Gasteiger partial charge in [0.15, 0.2) is 0 Å². The van der Waals surface area contributed by atoms with Crippen LogP contribution < -0.4 is 0 Å². The number of hydrogen-bond acceptors (Lipinski definition) is 3. The fourth-order valence-electron chi connectivity index (χ4n) is 2.24. The van der Waals surface area contributed by atoms with Gasteiger partial charge >= 0.3 is 12.1 Å². The minimum atomic E-state index is -0.752. The van der Waals surface area contributed by atoms with Crippen molar-refractivity contribution in [1.29, 1.82) is 0 Å². The Labute approximate surface area is 108 Å². The van der Waals surface area contributed by atoms with E-state index in [1.54, 1.807) is 4.90 Å². The van der Waals surface area contributed by atoms with Crippen molar-refractivity contribution in [3.63, 3.8) is 0 Å². The molecule has 1 aliphatic heterocycles. The molecule has 1 aliphatic rings. The Hall–Kier alpha value is -1.26. The van der Waals surface area contributed by atoms with E-state index in [2.05, 4.69) is 13.8 Å². The van der Waals surface area contributed by atoms with Crippen molar-refractivity contribution in [3.05, 3.63) is 0 Å². The standard InChI is InChI=1S/C13H23NO4/c1-10(2)11(4-5-12(15)16)6-8-14-7-3-9-18-13(14)17/h10-11H,3-9H2,1-2H3,(H,15,16). The topological polar surface area (TPSA) is 66.8 Å². The maximum absolute atomic E-state index is 11.5. The molecule has 0 radical (unpaired) electrons. The van der Waals surface area contributed by atoms with E-state index in [4.69, 9.17) is 9.84 Å². The molecule has 1 N–H and O–H groups in total. The Kier molecular flexibility index (Phi) is 5.95. The van der Waals surface area contributed by atoms with Crippen molar-refractivity contribution in [1.82, 2.24) is 4.90 Å². The first-order valence-electron chi connectivity index (χ1n) is 6.64. The molecular formula is C13H23NO4. The van der Waals surface area contributed by atoms with Gasteiger partial charge in [-0.3, -0.25) is 4.79 Å². The number of amides is 1. The molecule has 18 heavy (non-hydrogen) atoms. The molecule has 104 valence electrons. The monoisotopic (exact) mass is 257 g/mol. The summed E-state index contributed by atoms with van der Waals surface area (Å²) >= 11 is 0. The molecule has 0 saturated carbocycles. The molecular weight excluding hydrogens is 234 g/mol. The number of carbonyl (C=O) groups is 2. The third kappa shape index (κ3) is 4.94. The second-order valence-electron chi connectivity index (χ2n) is 5.18. The first-order chi connectivity index (χ1) is 8.50. The predicted octanol–water partition coefficient (Wildman–Crippen LogP) is 2.36. The van der Waals surface area contributed by atoms with Crippen LogP contribution in [-0.4, -0.2) is 41.8 Å². The molecule has 1 amide bonds. The van der Waals surface area contributed by atoms with Gasteiger partial charge in [0.25, 0.3) is 0 Å². The zero-order valence-corrected chi connectivity index (χ0v) is 11.2. The molecule has 0 bridgehead atoms. The second kappa shape index (κ2) is 7.24. The zero-order chi connectivity index (χ0) is 13.5. The zero-order valence-electron chi connectivity index (χ0n) is 11.2. The lowest BCUT2D eigenvalue weighted by Crippen LogP contribution is -2.39. The van der Waals surface area contributed by atoms with Crippen LogP contribution >= 0.6 is 0 Å². The van der Waals surface area contributed by atoms with Crippen molar-refractivity contribution in [2.75, 3.05) is 19.7 Å². The van der Waals surface area contributed by atoms with Crippen LogP contribution in [0.25, 0.3) is 0 Å². The number of nitrogens with zero attached hydrogens (tertiary/aromatic N) is 1. The summed E-state index contributed by atoms with van der Waals surface area (Å²) in [4.78, 5) is 23.8. The van der Waals surface area contributed by atoms with Crippen LogP contribution in [0, 0.1) is 11.8 Å². The summed E-state index contributed by atoms with van der Waals surface area (Å²) in [5.41, 5.74) is 0. The Morgan fingerprint density at radius 3 is 2.72 bits per heavy atom. The van der Waals surface area contributed by atoms with Gasteiger partial charge < -0.3 is 14.7 Å². The van der Waals surface area contributed by atoms with Gasteiger partial charge in [0, 0.05) is 19.5 Å². The number of cyclic esters (lactones) is 1. The molecule has 0 aliphatic carbocycles. The van der Waals surface area contributed by atoms with Crippen LogP contribution in [0.1, 0.15) is 39.5 Å². The maximum Gasteiger partial charge on any atom is 0.409 e. The lowest BCUT2D eigenvalue weighted by Gasteiger charge is -2.29. The normalized spacial score (nSPS) is 17.7. The van der Waals surface area contributed by atoms with Gasteiger partial charge in [-0.15, -0.1) is 0 Å². The summed E-state index contributed by atoms with van der Waals surface area (Å²) < 4.78 is 4.97. The lowest BCUT2D eigenvalue weighted by molar-refractivity contribution is -0.137. The molecule has 0 aromatic carbocycles. The van der Waals surface area contributed by atoms with Gasteiger partial charge in [0.2, 0.25) is 0 Å². The molecule has 1 unspecified atom stereocenters. The number of rotatable bonds is 7. The first kappa shape index (κ1) is 14.8. The highest BCUT2D eigenvalue weighted by atomic mass is 16.6. The fourth-order valence-corrected chi connectivity index (χ4v) is 2.24. The number of ether oxygens (including phenoxy) is 1. The summed E-state index contributed by atoms with van der Waals surface area (Å²) in [6, 6.07) is 0. The van der Waals surface area contributed by atoms with E-state index in [1.165, 1.54) is 0 Å². The Bertz CT molecular complexity index is 291. The molecule has 1 heterocycles. The van der Waals surface area contributed by atoms with Gasteiger partial charge in [0.1, 0.15) is 0 Å². The Morgan fingerprint density at radius 1 is 1.44 bits per heavy atom. The first-order valence-corrected chi connectivity index (χ1v) is 6.64. The lowest BCUT2D eigenvalue weighted by atomic mass is 9.88. The minimum Gasteiger partial charge on any atom is -0.481 e. The molecule has 5 nitrogen and oxygen atoms in total.